The van der Waals surface area contributed by atoms with Gasteiger partial charge in [-0.3, -0.25) is 0 Å². The Hall–Kier alpha value is -1.04. The highest BCUT2D eigenvalue weighted by atomic mass is 16.5. The molecular weight excluding hydrogens is 176 g/mol. The van der Waals surface area contributed by atoms with Gasteiger partial charge in [-0.2, -0.15) is 0 Å². The third-order valence-electron chi connectivity index (χ3n) is 1.88. The maximum atomic E-state index is 9.38. The third-order valence-corrected chi connectivity index (χ3v) is 1.88. The molecule has 2 nitrogen and oxygen atoms in total. The van der Waals surface area contributed by atoms with Crippen molar-refractivity contribution >= 4 is 0 Å². The fourth-order valence-corrected chi connectivity index (χ4v) is 1.04. The van der Waals surface area contributed by atoms with Gasteiger partial charge in [-0.1, -0.05) is 31.1 Å². The van der Waals surface area contributed by atoms with Gasteiger partial charge in [-0.15, -0.1) is 13.0 Å². The zero-order valence-electron chi connectivity index (χ0n) is 8.65. The van der Waals surface area contributed by atoms with E-state index in [0.29, 0.717) is 13.2 Å². The Morgan fingerprint density at radius 1 is 1.57 bits per heavy atom. The Morgan fingerprint density at radius 2 is 2.29 bits per heavy atom. The van der Waals surface area contributed by atoms with Crippen molar-refractivity contribution in [3.05, 3.63) is 24.8 Å². The monoisotopic (exact) mass is 194 g/mol. The van der Waals surface area contributed by atoms with Crippen LogP contribution in [0.5, 0.6) is 0 Å². The van der Waals surface area contributed by atoms with E-state index in [4.69, 9.17) is 11.2 Å². The molecule has 0 aromatic rings. The summed E-state index contributed by atoms with van der Waals surface area (Å²) in [7, 11) is 0. The van der Waals surface area contributed by atoms with Crippen molar-refractivity contribution in [2.75, 3.05) is 13.2 Å². The van der Waals surface area contributed by atoms with Crippen LogP contribution in [0.2, 0.25) is 0 Å². The molecule has 14 heavy (non-hydrogen) atoms. The lowest BCUT2D eigenvalue weighted by Crippen LogP contribution is -2.15. The fourth-order valence-electron chi connectivity index (χ4n) is 1.04. The third kappa shape index (κ3) is 5.58. The summed E-state index contributed by atoms with van der Waals surface area (Å²) < 4.78 is 5.15. The predicted octanol–water partition coefficient (Wildman–Crippen LogP) is 1.77. The SMILES string of the molecule is C#C[C@H](O)[C@H](/C=C/COCC=C)CC. The number of hydrogen-bond donors (Lipinski definition) is 1. The van der Waals surface area contributed by atoms with Gasteiger partial charge in [0.05, 0.1) is 13.2 Å². The van der Waals surface area contributed by atoms with Gasteiger partial charge in [-0.25, -0.2) is 0 Å². The van der Waals surface area contributed by atoms with Crippen LogP contribution in [0.3, 0.4) is 0 Å². The van der Waals surface area contributed by atoms with Crippen LogP contribution in [0.1, 0.15) is 13.3 Å². The lowest BCUT2D eigenvalue weighted by Gasteiger charge is -2.11. The summed E-state index contributed by atoms with van der Waals surface area (Å²) in [5, 5.41) is 9.38. The Balaban J connectivity index is 3.81. The number of hydrogen-bond acceptors (Lipinski definition) is 2. The number of terminal acetylenes is 1. The summed E-state index contributed by atoms with van der Waals surface area (Å²) >= 11 is 0. The van der Waals surface area contributed by atoms with E-state index in [2.05, 4.69) is 12.5 Å². The summed E-state index contributed by atoms with van der Waals surface area (Å²) in [6.07, 6.45) is 10.7. The van der Waals surface area contributed by atoms with Gasteiger partial charge in [0, 0.05) is 5.92 Å². The molecule has 0 aromatic carbocycles. The Labute approximate surface area is 86.3 Å². The van der Waals surface area contributed by atoms with Crippen molar-refractivity contribution in [1.82, 2.24) is 0 Å². The first-order valence-corrected chi connectivity index (χ1v) is 4.75. The Morgan fingerprint density at radius 3 is 2.79 bits per heavy atom. The number of aliphatic hydroxyl groups excluding tert-OH is 1. The molecule has 0 saturated carbocycles. The van der Waals surface area contributed by atoms with Crippen molar-refractivity contribution in [1.29, 1.82) is 0 Å². The Bertz CT molecular complexity index is 213. The lowest BCUT2D eigenvalue weighted by molar-refractivity contribution is 0.179. The second-order valence-electron chi connectivity index (χ2n) is 2.94. The van der Waals surface area contributed by atoms with E-state index in [0.717, 1.165) is 6.42 Å². The molecule has 0 bridgehead atoms. The minimum atomic E-state index is -0.698. The van der Waals surface area contributed by atoms with E-state index >= 15 is 0 Å². The van der Waals surface area contributed by atoms with Crippen LogP contribution >= 0.6 is 0 Å². The van der Waals surface area contributed by atoms with Gasteiger partial charge in [0.2, 0.25) is 0 Å². The molecule has 0 saturated heterocycles. The number of ether oxygens (including phenoxy) is 1. The molecule has 0 amide bonds. The van der Waals surface area contributed by atoms with Crippen molar-refractivity contribution in [2.45, 2.75) is 19.4 Å². The van der Waals surface area contributed by atoms with E-state index in [-0.39, 0.29) is 5.92 Å². The molecule has 78 valence electrons. The van der Waals surface area contributed by atoms with Gasteiger partial charge in [0.15, 0.2) is 0 Å². The fraction of sp³-hybridized carbons (Fsp3) is 0.500. The smallest absolute Gasteiger partial charge is 0.120 e. The minimum Gasteiger partial charge on any atom is -0.380 e. The summed E-state index contributed by atoms with van der Waals surface area (Å²) in [6.45, 7) is 6.59. The van der Waals surface area contributed by atoms with E-state index in [1.807, 2.05) is 19.1 Å². The lowest BCUT2D eigenvalue weighted by atomic mass is 10.00. The molecule has 0 spiro atoms. The summed E-state index contributed by atoms with van der Waals surface area (Å²) in [4.78, 5) is 0. The van der Waals surface area contributed by atoms with Gasteiger partial charge in [-0.05, 0) is 6.42 Å². The average molecular weight is 194 g/mol. The molecule has 0 rings (SSSR count). The minimum absolute atomic E-state index is 0.0207. The molecule has 0 radical (unpaired) electrons. The van der Waals surface area contributed by atoms with E-state index in [1.54, 1.807) is 6.08 Å². The molecule has 0 aliphatic heterocycles. The zero-order chi connectivity index (χ0) is 10.8. The van der Waals surface area contributed by atoms with Crippen molar-refractivity contribution < 1.29 is 9.84 Å². The first-order chi connectivity index (χ1) is 6.76. The van der Waals surface area contributed by atoms with Crippen LogP contribution in [-0.4, -0.2) is 24.4 Å². The number of rotatable bonds is 7. The molecule has 0 fully saturated rings. The van der Waals surface area contributed by atoms with Crippen LogP contribution in [-0.2, 0) is 4.74 Å². The molecule has 0 aliphatic carbocycles. The van der Waals surface area contributed by atoms with Crippen LogP contribution in [0, 0.1) is 18.3 Å². The molecule has 2 heteroatoms. The van der Waals surface area contributed by atoms with Crippen molar-refractivity contribution in [2.24, 2.45) is 5.92 Å². The van der Waals surface area contributed by atoms with Crippen LogP contribution in [0.25, 0.3) is 0 Å². The van der Waals surface area contributed by atoms with Gasteiger partial charge < -0.3 is 9.84 Å². The maximum Gasteiger partial charge on any atom is 0.120 e. The number of aliphatic hydroxyl groups is 1. The van der Waals surface area contributed by atoms with Crippen LogP contribution < -0.4 is 0 Å². The molecular formula is C12H18O2. The highest BCUT2D eigenvalue weighted by Crippen LogP contribution is 2.09. The van der Waals surface area contributed by atoms with E-state index in [9.17, 15) is 5.11 Å². The Kier molecular flexibility index (Phi) is 7.92. The van der Waals surface area contributed by atoms with Gasteiger partial charge >= 0.3 is 0 Å². The second-order valence-corrected chi connectivity index (χ2v) is 2.94. The summed E-state index contributed by atoms with van der Waals surface area (Å²) in [5.74, 6) is 2.34. The molecule has 0 aromatic heterocycles. The summed E-state index contributed by atoms with van der Waals surface area (Å²) in [6, 6.07) is 0. The van der Waals surface area contributed by atoms with Crippen molar-refractivity contribution in [3.8, 4) is 12.3 Å². The normalized spacial score (nSPS) is 14.9. The quantitative estimate of drug-likeness (QED) is 0.380. The van der Waals surface area contributed by atoms with Crippen molar-refractivity contribution in [3.63, 3.8) is 0 Å². The molecule has 2 atom stereocenters. The zero-order valence-corrected chi connectivity index (χ0v) is 8.65. The molecule has 0 heterocycles. The van der Waals surface area contributed by atoms with Gasteiger partial charge in [0.25, 0.3) is 0 Å². The first-order valence-electron chi connectivity index (χ1n) is 4.75. The topological polar surface area (TPSA) is 29.5 Å². The second kappa shape index (κ2) is 8.55. The van der Waals surface area contributed by atoms with Gasteiger partial charge in [0.1, 0.15) is 6.10 Å². The van der Waals surface area contributed by atoms with Crippen LogP contribution in [0.15, 0.2) is 24.8 Å². The van der Waals surface area contributed by atoms with Crippen LogP contribution in [0.4, 0.5) is 0 Å². The molecule has 1 N–H and O–H groups in total. The average Bonchev–Trinajstić information content (AvgIpc) is 2.22. The van der Waals surface area contributed by atoms with E-state index in [1.165, 1.54) is 0 Å². The van der Waals surface area contributed by atoms with E-state index < -0.39 is 6.10 Å². The summed E-state index contributed by atoms with van der Waals surface area (Å²) in [5.41, 5.74) is 0. The first kappa shape index (κ1) is 13.0. The highest BCUT2D eigenvalue weighted by Gasteiger charge is 2.10. The predicted molar refractivity (Wildman–Crippen MR) is 58.8 cm³/mol. The molecule has 0 aliphatic rings. The standard InChI is InChI=1S/C12H18O2/c1-4-9-14-10-7-8-11(5-2)12(13)6-3/h3-4,7-8,11-13H,1,5,9-10H2,2H3/b8-7+/t11-,12-/m0/s1. The maximum absolute atomic E-state index is 9.38. The highest BCUT2D eigenvalue weighted by molar-refractivity contribution is 5.03. The largest absolute Gasteiger partial charge is 0.380 e. The molecule has 0 unspecified atom stereocenters.